The van der Waals surface area contributed by atoms with Crippen LogP contribution in [0.2, 0.25) is 10.0 Å². The molecule has 106 valence electrons. The Morgan fingerprint density at radius 1 is 1.20 bits per heavy atom. The lowest BCUT2D eigenvalue weighted by atomic mass is 10.1. The minimum Gasteiger partial charge on any atom is -0.504 e. The van der Waals surface area contributed by atoms with Crippen molar-refractivity contribution >= 4 is 28.9 Å². The van der Waals surface area contributed by atoms with Gasteiger partial charge in [-0.3, -0.25) is 0 Å². The molecule has 1 unspecified atom stereocenters. The first-order valence-electron chi connectivity index (χ1n) is 6.10. The van der Waals surface area contributed by atoms with Gasteiger partial charge in [-0.15, -0.1) is 0 Å². The SMILES string of the molecule is COc1ccc(NC(C)c2cccc(Cl)c2Cl)cc1O. The lowest BCUT2D eigenvalue weighted by Crippen LogP contribution is -2.07. The molecule has 0 aromatic heterocycles. The van der Waals surface area contributed by atoms with Crippen molar-refractivity contribution in [3.63, 3.8) is 0 Å². The molecule has 0 heterocycles. The third-order valence-corrected chi connectivity index (χ3v) is 3.84. The standard InChI is InChI=1S/C15H15Cl2NO2/c1-9(11-4-3-5-12(16)15(11)17)18-10-6-7-14(20-2)13(19)8-10/h3-9,18-19H,1-2H3. The van der Waals surface area contributed by atoms with Crippen LogP contribution in [0.25, 0.3) is 0 Å². The van der Waals surface area contributed by atoms with Crippen molar-refractivity contribution in [3.05, 3.63) is 52.0 Å². The van der Waals surface area contributed by atoms with Crippen molar-refractivity contribution in [2.75, 3.05) is 12.4 Å². The van der Waals surface area contributed by atoms with Gasteiger partial charge >= 0.3 is 0 Å². The summed E-state index contributed by atoms with van der Waals surface area (Å²) >= 11 is 12.2. The van der Waals surface area contributed by atoms with Gasteiger partial charge in [0.05, 0.1) is 23.2 Å². The van der Waals surface area contributed by atoms with Gasteiger partial charge in [0.2, 0.25) is 0 Å². The summed E-state index contributed by atoms with van der Waals surface area (Å²) in [5, 5.41) is 14.1. The first kappa shape index (κ1) is 14.8. The number of benzene rings is 2. The number of hydrogen-bond donors (Lipinski definition) is 2. The summed E-state index contributed by atoms with van der Waals surface area (Å²) in [6.07, 6.45) is 0. The Labute approximate surface area is 128 Å². The molecule has 3 nitrogen and oxygen atoms in total. The molecule has 2 aromatic carbocycles. The van der Waals surface area contributed by atoms with E-state index in [0.29, 0.717) is 15.8 Å². The Bertz CT molecular complexity index is 617. The fourth-order valence-electron chi connectivity index (χ4n) is 1.96. The summed E-state index contributed by atoms with van der Waals surface area (Å²) in [7, 11) is 1.51. The normalized spacial score (nSPS) is 12.0. The second kappa shape index (κ2) is 6.25. The number of rotatable bonds is 4. The minimum atomic E-state index is -0.0472. The van der Waals surface area contributed by atoms with Crippen molar-refractivity contribution in [2.24, 2.45) is 0 Å². The number of phenolic OH excluding ortho intramolecular Hbond substituents is 1. The number of aromatic hydroxyl groups is 1. The van der Waals surface area contributed by atoms with Gasteiger partial charge < -0.3 is 15.2 Å². The van der Waals surface area contributed by atoms with E-state index in [1.54, 1.807) is 18.2 Å². The smallest absolute Gasteiger partial charge is 0.160 e. The highest BCUT2D eigenvalue weighted by molar-refractivity contribution is 6.42. The molecule has 2 rings (SSSR count). The molecule has 5 heteroatoms. The van der Waals surface area contributed by atoms with E-state index in [4.69, 9.17) is 27.9 Å². The molecule has 0 radical (unpaired) electrons. The molecule has 0 saturated carbocycles. The number of ether oxygens (including phenoxy) is 1. The second-order valence-corrected chi connectivity index (χ2v) is 5.18. The third kappa shape index (κ3) is 3.11. The lowest BCUT2D eigenvalue weighted by molar-refractivity contribution is 0.373. The molecule has 0 amide bonds. The summed E-state index contributed by atoms with van der Waals surface area (Å²) in [5.41, 5.74) is 1.67. The van der Waals surface area contributed by atoms with Gasteiger partial charge in [-0.25, -0.2) is 0 Å². The lowest BCUT2D eigenvalue weighted by Gasteiger charge is -2.18. The molecule has 20 heavy (non-hydrogen) atoms. The van der Waals surface area contributed by atoms with Gasteiger partial charge in [0.25, 0.3) is 0 Å². The number of methoxy groups -OCH3 is 1. The molecule has 0 spiro atoms. The van der Waals surface area contributed by atoms with Crippen LogP contribution in [-0.2, 0) is 0 Å². The zero-order chi connectivity index (χ0) is 14.7. The van der Waals surface area contributed by atoms with Crippen LogP contribution < -0.4 is 10.1 Å². The highest BCUT2D eigenvalue weighted by atomic mass is 35.5. The summed E-state index contributed by atoms with van der Waals surface area (Å²) in [4.78, 5) is 0. The van der Waals surface area contributed by atoms with Crippen LogP contribution in [0, 0.1) is 0 Å². The van der Waals surface area contributed by atoms with E-state index < -0.39 is 0 Å². The molecular weight excluding hydrogens is 297 g/mol. The third-order valence-electron chi connectivity index (χ3n) is 3.01. The van der Waals surface area contributed by atoms with Crippen LogP contribution in [-0.4, -0.2) is 12.2 Å². The molecule has 0 saturated heterocycles. The molecule has 0 aliphatic rings. The van der Waals surface area contributed by atoms with Gasteiger partial charge in [-0.1, -0.05) is 35.3 Å². The molecule has 2 N–H and O–H groups in total. The van der Waals surface area contributed by atoms with Gasteiger partial charge in [0.15, 0.2) is 11.5 Å². The maximum atomic E-state index is 9.76. The van der Waals surface area contributed by atoms with Crippen molar-refractivity contribution in [2.45, 2.75) is 13.0 Å². The Kier molecular flexibility index (Phi) is 4.63. The van der Waals surface area contributed by atoms with E-state index in [1.807, 2.05) is 25.1 Å². The van der Waals surface area contributed by atoms with E-state index in [0.717, 1.165) is 11.3 Å². The average molecular weight is 312 g/mol. The predicted molar refractivity (Wildman–Crippen MR) is 83.2 cm³/mol. The molecule has 0 aliphatic carbocycles. The topological polar surface area (TPSA) is 41.5 Å². The van der Waals surface area contributed by atoms with E-state index in [-0.39, 0.29) is 11.8 Å². The van der Waals surface area contributed by atoms with Crippen molar-refractivity contribution in [3.8, 4) is 11.5 Å². The number of nitrogens with one attached hydrogen (secondary N) is 1. The number of phenols is 1. The van der Waals surface area contributed by atoms with Gasteiger partial charge in [-0.05, 0) is 30.7 Å². The quantitative estimate of drug-likeness (QED) is 0.845. The summed E-state index contributed by atoms with van der Waals surface area (Å²) in [5.74, 6) is 0.519. The van der Waals surface area contributed by atoms with Crippen molar-refractivity contribution < 1.29 is 9.84 Å². The summed E-state index contributed by atoms with van der Waals surface area (Å²) in [6, 6.07) is 10.6. The largest absolute Gasteiger partial charge is 0.504 e. The fraction of sp³-hybridized carbons (Fsp3) is 0.200. The van der Waals surface area contributed by atoms with Crippen LogP contribution >= 0.6 is 23.2 Å². The Morgan fingerprint density at radius 3 is 2.60 bits per heavy atom. The second-order valence-electron chi connectivity index (χ2n) is 4.40. The molecule has 0 fully saturated rings. The fourth-order valence-corrected chi connectivity index (χ4v) is 2.43. The van der Waals surface area contributed by atoms with Crippen LogP contribution in [0.15, 0.2) is 36.4 Å². The highest BCUT2D eigenvalue weighted by Crippen LogP contribution is 2.33. The first-order chi connectivity index (χ1) is 9.52. The average Bonchev–Trinajstić information content (AvgIpc) is 2.42. The van der Waals surface area contributed by atoms with Crippen molar-refractivity contribution in [1.82, 2.24) is 0 Å². The number of anilines is 1. The van der Waals surface area contributed by atoms with Crippen LogP contribution in [0.5, 0.6) is 11.5 Å². The maximum absolute atomic E-state index is 9.76. The maximum Gasteiger partial charge on any atom is 0.160 e. The molecule has 0 bridgehead atoms. The number of halogens is 2. The molecule has 0 aliphatic heterocycles. The molecule has 1 atom stereocenters. The predicted octanol–water partition coefficient (Wildman–Crippen LogP) is 4.88. The number of hydrogen-bond acceptors (Lipinski definition) is 3. The van der Waals surface area contributed by atoms with Gasteiger partial charge in [-0.2, -0.15) is 0 Å². The molecular formula is C15H15Cl2NO2. The van der Waals surface area contributed by atoms with Crippen molar-refractivity contribution in [1.29, 1.82) is 0 Å². The first-order valence-corrected chi connectivity index (χ1v) is 6.86. The Hall–Kier alpha value is -1.58. The zero-order valence-electron chi connectivity index (χ0n) is 11.2. The highest BCUT2D eigenvalue weighted by Gasteiger charge is 2.12. The monoisotopic (exact) mass is 311 g/mol. The van der Waals surface area contributed by atoms with Crippen LogP contribution in [0.3, 0.4) is 0 Å². The minimum absolute atomic E-state index is 0.0472. The Morgan fingerprint density at radius 2 is 1.95 bits per heavy atom. The summed E-state index contributed by atoms with van der Waals surface area (Å²) < 4.78 is 5.01. The van der Waals surface area contributed by atoms with Gasteiger partial charge in [0.1, 0.15) is 0 Å². The van der Waals surface area contributed by atoms with E-state index in [2.05, 4.69) is 5.32 Å². The Balaban J connectivity index is 2.21. The zero-order valence-corrected chi connectivity index (χ0v) is 12.7. The summed E-state index contributed by atoms with van der Waals surface area (Å²) in [6.45, 7) is 1.97. The van der Waals surface area contributed by atoms with Crippen LogP contribution in [0.1, 0.15) is 18.5 Å². The molecule has 2 aromatic rings. The van der Waals surface area contributed by atoms with E-state index in [1.165, 1.54) is 7.11 Å². The van der Waals surface area contributed by atoms with Gasteiger partial charge in [0, 0.05) is 11.8 Å². The van der Waals surface area contributed by atoms with E-state index in [9.17, 15) is 5.11 Å². The van der Waals surface area contributed by atoms with E-state index >= 15 is 0 Å². The van der Waals surface area contributed by atoms with Crippen LogP contribution in [0.4, 0.5) is 5.69 Å².